The minimum Gasteiger partial charge on any atom is -0.352 e. The minimum atomic E-state index is -1.12. The maximum absolute atomic E-state index is 15.0. The van der Waals surface area contributed by atoms with Crippen molar-refractivity contribution in [3.63, 3.8) is 0 Å². The summed E-state index contributed by atoms with van der Waals surface area (Å²) in [6.07, 6.45) is 5.38. The molecule has 1 aliphatic carbocycles. The Morgan fingerprint density at radius 2 is 1.20 bits per heavy atom. The van der Waals surface area contributed by atoms with Crippen molar-refractivity contribution in [3.05, 3.63) is 144 Å². The number of Topliss-reactive ketones (excluding diaryl/α,β-unsaturated/α-hetero) is 1. The fourth-order valence-electron chi connectivity index (χ4n) is 6.92. The number of hydrogen-bond donors (Lipinski definition) is 4. The van der Waals surface area contributed by atoms with Gasteiger partial charge in [0, 0.05) is 38.5 Å². The highest BCUT2D eigenvalue weighted by Crippen LogP contribution is 2.19. The van der Waals surface area contributed by atoms with Crippen LogP contribution in [0.1, 0.15) is 67.7 Å². The number of hydrogen-bond acceptors (Lipinski definition) is 6. The molecule has 0 aromatic heterocycles. The van der Waals surface area contributed by atoms with Gasteiger partial charge < -0.3 is 26.2 Å². The lowest BCUT2D eigenvalue weighted by Crippen LogP contribution is -2.58. The number of benzene rings is 4. The Labute approximate surface area is 324 Å². The zero-order valence-electron chi connectivity index (χ0n) is 31.6. The lowest BCUT2D eigenvalue weighted by molar-refractivity contribution is -0.144. The molecule has 4 amide bonds. The number of ketones is 1. The third kappa shape index (κ3) is 13.0. The largest absolute Gasteiger partial charge is 0.352 e. The molecule has 3 atom stereocenters. The van der Waals surface area contributed by atoms with Gasteiger partial charge in [0.1, 0.15) is 6.04 Å². The van der Waals surface area contributed by atoms with Crippen LogP contribution in [-0.2, 0) is 49.9 Å². The Bertz CT molecular complexity index is 1820. The summed E-state index contributed by atoms with van der Waals surface area (Å²) >= 11 is 0. The van der Waals surface area contributed by atoms with Crippen LogP contribution in [0, 0.1) is 0 Å². The molecule has 0 heterocycles. The molecule has 4 N–H and O–H groups in total. The molecule has 1 fully saturated rings. The number of amides is 4. The van der Waals surface area contributed by atoms with Crippen molar-refractivity contribution in [2.45, 2.75) is 95.5 Å². The molecule has 2 unspecified atom stereocenters. The van der Waals surface area contributed by atoms with Gasteiger partial charge in [-0.05, 0) is 48.4 Å². The fraction of sp³-hybridized carbons (Fsp3) is 0.356. The lowest BCUT2D eigenvalue weighted by Gasteiger charge is -2.35. The summed E-state index contributed by atoms with van der Waals surface area (Å²) in [6.45, 7) is 2.24. The van der Waals surface area contributed by atoms with E-state index in [1.807, 2.05) is 121 Å². The Morgan fingerprint density at radius 1 is 0.673 bits per heavy atom. The van der Waals surface area contributed by atoms with Gasteiger partial charge in [-0.25, -0.2) is 0 Å². The molecule has 5 rings (SSSR count). The first kappa shape index (κ1) is 40.6. The predicted molar refractivity (Wildman–Crippen MR) is 213 cm³/mol. The standard InChI is InChI=1S/C45H53N5O5/c1-33(42(52)44(54)49-38-25-15-6-16-26-38)48-43(53)40(30-35-19-9-3-10-20-35)50(32-37-23-13-5-14-24-37)45(55)39(29-34-17-7-2-8-18-34)46-28-27-41(51)47-31-36-21-11-4-12-22-36/h2-5,7-14,17-24,33,38-40,46H,6,15-16,25-32H2,1H3,(H,47,51)(H,48,53)(H,49,54)/t33?,39-,40?/m0/s1. The second-order valence-electron chi connectivity index (χ2n) is 14.3. The molecular formula is C45H53N5O5. The van der Waals surface area contributed by atoms with Crippen molar-refractivity contribution >= 4 is 29.4 Å². The summed E-state index contributed by atoms with van der Waals surface area (Å²) in [4.78, 5) is 70.1. The van der Waals surface area contributed by atoms with Crippen molar-refractivity contribution in [1.82, 2.24) is 26.2 Å². The van der Waals surface area contributed by atoms with Crippen molar-refractivity contribution in [3.8, 4) is 0 Å². The molecule has 288 valence electrons. The van der Waals surface area contributed by atoms with E-state index in [0.717, 1.165) is 54.4 Å². The fourth-order valence-corrected chi connectivity index (χ4v) is 6.92. The molecule has 55 heavy (non-hydrogen) atoms. The van der Waals surface area contributed by atoms with Crippen LogP contribution >= 0.6 is 0 Å². The summed E-state index contributed by atoms with van der Waals surface area (Å²) in [6, 6.07) is 35.1. The van der Waals surface area contributed by atoms with Gasteiger partial charge in [0.15, 0.2) is 0 Å². The third-order valence-electron chi connectivity index (χ3n) is 10.0. The lowest BCUT2D eigenvalue weighted by atomic mass is 9.95. The van der Waals surface area contributed by atoms with Gasteiger partial charge >= 0.3 is 0 Å². The summed E-state index contributed by atoms with van der Waals surface area (Å²) in [5.74, 6) is -2.47. The van der Waals surface area contributed by atoms with E-state index < -0.39 is 35.7 Å². The molecule has 4 aromatic carbocycles. The molecule has 0 bridgehead atoms. The number of carbonyl (C=O) groups excluding carboxylic acids is 5. The van der Waals surface area contributed by atoms with Gasteiger partial charge in [0.05, 0.1) is 12.1 Å². The Hall–Kier alpha value is -5.61. The van der Waals surface area contributed by atoms with E-state index in [1.54, 1.807) is 4.90 Å². The Morgan fingerprint density at radius 3 is 1.78 bits per heavy atom. The molecule has 1 aliphatic rings. The molecular weight excluding hydrogens is 691 g/mol. The maximum Gasteiger partial charge on any atom is 0.289 e. The molecule has 10 heteroatoms. The van der Waals surface area contributed by atoms with Crippen molar-refractivity contribution in [1.29, 1.82) is 0 Å². The molecule has 1 saturated carbocycles. The Kier molecular flexibility index (Phi) is 15.7. The van der Waals surface area contributed by atoms with Gasteiger partial charge in [-0.2, -0.15) is 0 Å². The molecule has 0 radical (unpaired) electrons. The zero-order valence-corrected chi connectivity index (χ0v) is 31.6. The zero-order chi connectivity index (χ0) is 38.8. The second kappa shape index (κ2) is 21.3. The van der Waals surface area contributed by atoms with Crippen LogP contribution in [0.15, 0.2) is 121 Å². The van der Waals surface area contributed by atoms with Crippen LogP contribution < -0.4 is 21.3 Å². The number of nitrogens with one attached hydrogen (secondary N) is 4. The molecule has 4 aromatic rings. The maximum atomic E-state index is 15.0. The van der Waals surface area contributed by atoms with Crippen LogP contribution in [0.5, 0.6) is 0 Å². The summed E-state index contributed by atoms with van der Waals surface area (Å²) in [5, 5.41) is 11.9. The number of nitrogens with zero attached hydrogens (tertiary/aromatic N) is 1. The van der Waals surface area contributed by atoms with Crippen molar-refractivity contribution in [2.75, 3.05) is 6.54 Å². The van der Waals surface area contributed by atoms with E-state index in [4.69, 9.17) is 0 Å². The van der Waals surface area contributed by atoms with E-state index in [1.165, 1.54) is 6.92 Å². The first-order valence-electron chi connectivity index (χ1n) is 19.4. The van der Waals surface area contributed by atoms with Crippen molar-refractivity contribution < 1.29 is 24.0 Å². The van der Waals surface area contributed by atoms with E-state index in [-0.39, 0.29) is 43.8 Å². The van der Waals surface area contributed by atoms with Crippen molar-refractivity contribution in [2.24, 2.45) is 0 Å². The van der Waals surface area contributed by atoms with E-state index in [9.17, 15) is 24.0 Å². The van der Waals surface area contributed by atoms with E-state index in [2.05, 4.69) is 21.3 Å². The van der Waals surface area contributed by atoms with E-state index in [0.29, 0.717) is 13.0 Å². The summed E-state index contributed by atoms with van der Waals surface area (Å²) in [7, 11) is 0. The second-order valence-corrected chi connectivity index (χ2v) is 14.3. The van der Waals surface area contributed by atoms with Gasteiger partial charge in [-0.15, -0.1) is 0 Å². The normalized spacial score (nSPS) is 14.5. The molecule has 0 saturated heterocycles. The average molecular weight is 744 g/mol. The topological polar surface area (TPSA) is 137 Å². The highest BCUT2D eigenvalue weighted by Gasteiger charge is 2.36. The highest BCUT2D eigenvalue weighted by molar-refractivity contribution is 6.38. The van der Waals surface area contributed by atoms with Crippen LogP contribution in [0.4, 0.5) is 0 Å². The smallest absolute Gasteiger partial charge is 0.289 e. The Balaban J connectivity index is 1.39. The summed E-state index contributed by atoms with van der Waals surface area (Å²) in [5.41, 5.74) is 3.54. The average Bonchev–Trinajstić information content (AvgIpc) is 3.22. The highest BCUT2D eigenvalue weighted by atomic mass is 16.2. The van der Waals surface area contributed by atoms with Gasteiger partial charge in [0.2, 0.25) is 23.5 Å². The predicted octanol–water partition coefficient (Wildman–Crippen LogP) is 5.06. The first-order chi connectivity index (χ1) is 26.8. The third-order valence-corrected chi connectivity index (χ3v) is 10.0. The number of carbonyl (C=O) groups is 5. The van der Waals surface area contributed by atoms with Crippen LogP contribution in [-0.4, -0.2) is 65.0 Å². The molecule has 0 spiro atoms. The minimum absolute atomic E-state index is 0.0538. The monoisotopic (exact) mass is 743 g/mol. The van der Waals surface area contributed by atoms with Gasteiger partial charge in [0.25, 0.3) is 5.91 Å². The number of rotatable bonds is 19. The van der Waals surface area contributed by atoms with Gasteiger partial charge in [-0.1, -0.05) is 141 Å². The molecule has 10 nitrogen and oxygen atoms in total. The summed E-state index contributed by atoms with van der Waals surface area (Å²) < 4.78 is 0. The van der Waals surface area contributed by atoms with Crippen LogP contribution in [0.25, 0.3) is 0 Å². The van der Waals surface area contributed by atoms with Gasteiger partial charge in [-0.3, -0.25) is 24.0 Å². The van der Waals surface area contributed by atoms with Crippen LogP contribution in [0.2, 0.25) is 0 Å². The first-order valence-corrected chi connectivity index (χ1v) is 19.4. The van der Waals surface area contributed by atoms with E-state index >= 15 is 0 Å². The molecule has 0 aliphatic heterocycles. The quantitative estimate of drug-likeness (QED) is 0.0993. The van der Waals surface area contributed by atoms with Crippen LogP contribution in [0.3, 0.4) is 0 Å². The SMILES string of the molecule is CC(NC(=O)C(Cc1ccccc1)N(Cc1ccccc1)C(=O)[C@H](Cc1ccccc1)NCCC(=O)NCc1ccccc1)C(=O)C(=O)NC1CCCCC1.